The number of hydrogen-bond donors (Lipinski definition) is 2. The van der Waals surface area contributed by atoms with Crippen molar-refractivity contribution >= 4 is 16.8 Å². The Morgan fingerprint density at radius 2 is 1.83 bits per heavy atom. The second-order valence-electron chi connectivity index (χ2n) is 6.52. The second-order valence-corrected chi connectivity index (χ2v) is 6.52. The van der Waals surface area contributed by atoms with Crippen LogP contribution in [0.4, 0.5) is 0 Å². The van der Waals surface area contributed by atoms with Crippen LogP contribution in [-0.2, 0) is 0 Å². The molecule has 0 bridgehead atoms. The fraction of sp³-hybridized carbons (Fsp3) is 0.0870. The van der Waals surface area contributed by atoms with Crippen molar-refractivity contribution in [1.82, 2.24) is 15.3 Å². The summed E-state index contributed by atoms with van der Waals surface area (Å²) >= 11 is 0. The van der Waals surface area contributed by atoms with Gasteiger partial charge >= 0.3 is 0 Å². The van der Waals surface area contributed by atoms with Gasteiger partial charge in [0, 0.05) is 12.4 Å². The lowest BCUT2D eigenvalue weighted by Crippen LogP contribution is -2.30. The highest BCUT2D eigenvalue weighted by atomic mass is 16.5. The molecule has 144 valence electrons. The largest absolute Gasteiger partial charge is 0.497 e. The zero-order valence-electron chi connectivity index (χ0n) is 15.8. The average molecular weight is 385 g/mol. The van der Waals surface area contributed by atoms with E-state index in [9.17, 15) is 9.59 Å². The molecule has 0 saturated heterocycles. The van der Waals surface area contributed by atoms with Crippen LogP contribution in [0.2, 0.25) is 0 Å². The third kappa shape index (κ3) is 3.73. The number of H-pyrrole nitrogens is 1. The average Bonchev–Trinajstić information content (AvgIpc) is 2.78. The van der Waals surface area contributed by atoms with Crippen molar-refractivity contribution in [1.29, 1.82) is 0 Å². The molecule has 1 unspecified atom stereocenters. The van der Waals surface area contributed by atoms with Crippen molar-refractivity contribution in [2.75, 3.05) is 7.11 Å². The van der Waals surface area contributed by atoms with Gasteiger partial charge in [0.15, 0.2) is 0 Å². The van der Waals surface area contributed by atoms with Gasteiger partial charge in [-0.25, -0.2) is 0 Å². The number of nitrogens with zero attached hydrogens (tertiary/aromatic N) is 1. The fourth-order valence-electron chi connectivity index (χ4n) is 3.29. The predicted octanol–water partition coefficient (Wildman–Crippen LogP) is 3.45. The molecule has 6 heteroatoms. The molecule has 0 saturated carbocycles. The van der Waals surface area contributed by atoms with Crippen LogP contribution < -0.4 is 15.6 Å². The Morgan fingerprint density at radius 1 is 1.03 bits per heavy atom. The predicted molar refractivity (Wildman–Crippen MR) is 111 cm³/mol. The molecule has 0 spiro atoms. The quantitative estimate of drug-likeness (QED) is 0.551. The van der Waals surface area contributed by atoms with Gasteiger partial charge in [-0.05, 0) is 35.4 Å². The minimum Gasteiger partial charge on any atom is -0.497 e. The van der Waals surface area contributed by atoms with E-state index >= 15 is 0 Å². The van der Waals surface area contributed by atoms with Crippen LogP contribution in [0.5, 0.6) is 5.75 Å². The highest BCUT2D eigenvalue weighted by Gasteiger charge is 2.20. The number of hydrogen-bond acceptors (Lipinski definition) is 4. The number of rotatable bonds is 5. The first-order valence-electron chi connectivity index (χ1n) is 9.13. The summed E-state index contributed by atoms with van der Waals surface area (Å²) < 4.78 is 5.34. The highest BCUT2D eigenvalue weighted by Crippen LogP contribution is 2.26. The minimum absolute atomic E-state index is 0.281. The number of nitrogens with one attached hydrogen (secondary N) is 2. The van der Waals surface area contributed by atoms with Crippen molar-refractivity contribution < 1.29 is 9.53 Å². The number of aromatic amines is 1. The lowest BCUT2D eigenvalue weighted by molar-refractivity contribution is 0.0944. The number of carbonyl (C=O) groups is 1. The van der Waals surface area contributed by atoms with E-state index in [2.05, 4.69) is 15.3 Å². The fourth-order valence-corrected chi connectivity index (χ4v) is 3.29. The summed E-state index contributed by atoms with van der Waals surface area (Å²) in [5.74, 6) is 0.371. The Labute approximate surface area is 167 Å². The number of carbonyl (C=O) groups excluding carboxylic acids is 1. The third-order valence-corrected chi connectivity index (χ3v) is 4.74. The van der Waals surface area contributed by atoms with Gasteiger partial charge in [0.2, 0.25) is 0 Å². The summed E-state index contributed by atoms with van der Waals surface area (Å²) in [7, 11) is 1.60. The van der Waals surface area contributed by atoms with Crippen LogP contribution in [-0.4, -0.2) is 23.0 Å². The first-order chi connectivity index (χ1) is 14.2. The lowest BCUT2D eigenvalue weighted by atomic mass is 9.98. The maximum absolute atomic E-state index is 13.2. The molecule has 0 aliphatic carbocycles. The molecule has 0 fully saturated rings. The third-order valence-electron chi connectivity index (χ3n) is 4.74. The lowest BCUT2D eigenvalue weighted by Gasteiger charge is -2.20. The topological polar surface area (TPSA) is 84.1 Å². The summed E-state index contributed by atoms with van der Waals surface area (Å²) in [5.41, 5.74) is 2.20. The molecule has 29 heavy (non-hydrogen) atoms. The molecule has 2 heterocycles. The maximum Gasteiger partial charge on any atom is 0.257 e. The number of ether oxygens (including phenoxy) is 1. The zero-order valence-corrected chi connectivity index (χ0v) is 15.8. The number of aromatic nitrogens is 2. The number of pyridine rings is 2. The van der Waals surface area contributed by atoms with Crippen molar-refractivity contribution in [2.45, 2.75) is 6.04 Å². The van der Waals surface area contributed by atoms with Gasteiger partial charge < -0.3 is 15.0 Å². The van der Waals surface area contributed by atoms with Crippen LogP contribution in [0.15, 0.2) is 83.9 Å². The van der Waals surface area contributed by atoms with Crippen molar-refractivity contribution in [3.05, 3.63) is 106 Å². The summed E-state index contributed by atoms with van der Waals surface area (Å²) in [6.45, 7) is 0. The van der Waals surface area contributed by atoms with Gasteiger partial charge in [-0.1, -0.05) is 42.5 Å². The smallest absolute Gasteiger partial charge is 0.257 e. The van der Waals surface area contributed by atoms with E-state index < -0.39 is 6.04 Å². The molecule has 1 amide bonds. The zero-order chi connectivity index (χ0) is 20.2. The Balaban J connectivity index is 1.76. The van der Waals surface area contributed by atoms with E-state index in [1.807, 2.05) is 54.6 Å². The molecule has 4 rings (SSSR count). The summed E-state index contributed by atoms with van der Waals surface area (Å²) in [4.78, 5) is 32.1. The summed E-state index contributed by atoms with van der Waals surface area (Å²) in [6.07, 6.45) is 2.97. The number of fused-ring (bicyclic) bond motifs is 1. The molecule has 4 aromatic rings. The monoisotopic (exact) mass is 385 g/mol. The molecule has 2 N–H and O–H groups in total. The van der Waals surface area contributed by atoms with E-state index in [0.717, 1.165) is 11.1 Å². The summed E-state index contributed by atoms with van der Waals surface area (Å²) in [5, 5.41) is 3.45. The molecular weight excluding hydrogens is 366 g/mol. The van der Waals surface area contributed by atoms with Gasteiger partial charge in [0.1, 0.15) is 5.75 Å². The number of methoxy groups -OCH3 is 1. The molecular formula is C23H19N3O3. The number of benzene rings is 2. The van der Waals surface area contributed by atoms with Gasteiger partial charge in [0.25, 0.3) is 11.5 Å². The van der Waals surface area contributed by atoms with E-state index in [0.29, 0.717) is 22.2 Å². The Hall–Kier alpha value is -3.93. The van der Waals surface area contributed by atoms with Gasteiger partial charge in [-0.2, -0.15) is 0 Å². The normalized spacial score (nSPS) is 11.8. The molecule has 1 atom stereocenters. The Bertz CT molecular complexity index is 1220. The molecule has 2 aromatic carbocycles. The van der Waals surface area contributed by atoms with Crippen LogP contribution >= 0.6 is 0 Å². The highest BCUT2D eigenvalue weighted by molar-refractivity contribution is 6.05. The van der Waals surface area contributed by atoms with Gasteiger partial charge in [0.05, 0.1) is 29.6 Å². The molecule has 6 nitrogen and oxygen atoms in total. The molecule has 0 aliphatic heterocycles. The first-order valence-corrected chi connectivity index (χ1v) is 9.13. The van der Waals surface area contributed by atoms with E-state index in [1.54, 1.807) is 25.4 Å². The Morgan fingerprint density at radius 3 is 2.62 bits per heavy atom. The van der Waals surface area contributed by atoms with Gasteiger partial charge in [-0.15, -0.1) is 0 Å². The summed E-state index contributed by atoms with van der Waals surface area (Å²) in [6, 6.07) is 20.2. The van der Waals surface area contributed by atoms with Crippen molar-refractivity contribution in [3.63, 3.8) is 0 Å². The van der Waals surface area contributed by atoms with Crippen molar-refractivity contribution in [2.24, 2.45) is 0 Å². The maximum atomic E-state index is 13.2. The standard InChI is InChI=1S/C23H19N3O3/c1-29-17-10-5-9-16(13-17)20(15-7-3-2-4-8-15)26-23(28)19-14-25-22(27)18-11-6-12-24-21(18)19/h2-14,20H,1H3,(H,25,27)(H,26,28). The van der Waals surface area contributed by atoms with E-state index in [4.69, 9.17) is 4.74 Å². The van der Waals surface area contributed by atoms with E-state index in [1.165, 1.54) is 6.20 Å². The number of amides is 1. The first kappa shape index (κ1) is 18.4. The van der Waals surface area contributed by atoms with Crippen molar-refractivity contribution in [3.8, 4) is 5.75 Å². The van der Waals surface area contributed by atoms with Crippen LogP contribution in [0.1, 0.15) is 27.5 Å². The van der Waals surface area contributed by atoms with E-state index in [-0.39, 0.29) is 11.5 Å². The van der Waals surface area contributed by atoms with Crippen LogP contribution in [0.3, 0.4) is 0 Å². The SMILES string of the molecule is COc1cccc(C(NC(=O)c2c[nH]c(=O)c3cccnc23)c2ccccc2)c1. The Kier molecular flexibility index (Phi) is 5.07. The van der Waals surface area contributed by atoms with Crippen LogP contribution in [0, 0.1) is 0 Å². The van der Waals surface area contributed by atoms with Gasteiger partial charge in [-0.3, -0.25) is 14.6 Å². The van der Waals surface area contributed by atoms with Crippen LogP contribution in [0.25, 0.3) is 10.9 Å². The molecule has 0 radical (unpaired) electrons. The second kappa shape index (κ2) is 7.98. The minimum atomic E-state index is -0.399. The molecule has 2 aromatic heterocycles. The molecule has 0 aliphatic rings.